The third kappa shape index (κ3) is 4.89. The third-order valence-corrected chi connectivity index (χ3v) is 7.14. The number of thioether (sulfide) groups is 1. The van der Waals surface area contributed by atoms with Gasteiger partial charge in [0.1, 0.15) is 11.3 Å². The van der Waals surface area contributed by atoms with E-state index in [0.717, 1.165) is 20.9 Å². The Morgan fingerprint density at radius 1 is 1.14 bits per heavy atom. The zero-order valence-corrected chi connectivity index (χ0v) is 21.7. The Bertz CT molecular complexity index is 1570. The SMILES string of the molecule is COc1ccc2c(=O)c(OCCCSc3nnc4c(Cl)cccn34)c(-c3ccc(Br)cc3)oc2c1. The van der Waals surface area contributed by atoms with Crippen LogP contribution in [0.3, 0.4) is 0 Å². The number of nitrogens with zero attached hydrogens (tertiary/aromatic N) is 3. The van der Waals surface area contributed by atoms with E-state index >= 15 is 0 Å². The van der Waals surface area contributed by atoms with Crippen molar-refractivity contribution < 1.29 is 13.9 Å². The Morgan fingerprint density at radius 3 is 2.77 bits per heavy atom. The summed E-state index contributed by atoms with van der Waals surface area (Å²) in [5, 5.41) is 10.1. The van der Waals surface area contributed by atoms with Gasteiger partial charge in [-0.1, -0.05) is 39.3 Å². The van der Waals surface area contributed by atoms with Crippen molar-refractivity contribution >= 4 is 55.9 Å². The van der Waals surface area contributed by atoms with Crippen molar-refractivity contribution in [1.82, 2.24) is 14.6 Å². The summed E-state index contributed by atoms with van der Waals surface area (Å²) < 4.78 is 20.2. The summed E-state index contributed by atoms with van der Waals surface area (Å²) in [5.41, 5.74) is 1.58. The molecule has 0 fully saturated rings. The van der Waals surface area contributed by atoms with Gasteiger partial charge in [-0.15, -0.1) is 10.2 Å². The molecule has 0 aliphatic rings. The first-order chi connectivity index (χ1) is 17.0. The Hall–Kier alpha value is -3.01. The van der Waals surface area contributed by atoms with Gasteiger partial charge in [-0.05, 0) is 55.0 Å². The van der Waals surface area contributed by atoms with Gasteiger partial charge >= 0.3 is 0 Å². The molecule has 178 valence electrons. The van der Waals surface area contributed by atoms with Crippen LogP contribution in [0, 0.1) is 0 Å². The fraction of sp³-hybridized carbons (Fsp3) is 0.160. The fourth-order valence-electron chi connectivity index (χ4n) is 3.56. The van der Waals surface area contributed by atoms with E-state index < -0.39 is 0 Å². The summed E-state index contributed by atoms with van der Waals surface area (Å²) in [6.45, 7) is 0.334. The van der Waals surface area contributed by atoms with Crippen molar-refractivity contribution in [1.29, 1.82) is 0 Å². The number of halogens is 2. The molecule has 0 atom stereocenters. The molecule has 0 radical (unpaired) electrons. The molecule has 0 spiro atoms. The van der Waals surface area contributed by atoms with Crippen molar-refractivity contribution in [3.63, 3.8) is 0 Å². The fourth-order valence-corrected chi connectivity index (χ4v) is 4.86. The molecule has 7 nitrogen and oxygen atoms in total. The van der Waals surface area contributed by atoms with Crippen molar-refractivity contribution in [2.75, 3.05) is 19.5 Å². The maximum Gasteiger partial charge on any atom is 0.235 e. The summed E-state index contributed by atoms with van der Waals surface area (Å²) in [7, 11) is 1.57. The highest BCUT2D eigenvalue weighted by atomic mass is 79.9. The number of hydrogen-bond acceptors (Lipinski definition) is 7. The number of benzene rings is 2. The molecule has 0 aliphatic heterocycles. The summed E-state index contributed by atoms with van der Waals surface area (Å²) in [4.78, 5) is 13.3. The Labute approximate surface area is 218 Å². The van der Waals surface area contributed by atoms with Crippen LogP contribution >= 0.6 is 39.3 Å². The van der Waals surface area contributed by atoms with E-state index in [9.17, 15) is 4.79 Å². The van der Waals surface area contributed by atoms with Gasteiger partial charge in [0.05, 0.1) is 24.1 Å². The maximum absolute atomic E-state index is 13.3. The molecule has 3 heterocycles. The lowest BCUT2D eigenvalue weighted by molar-refractivity contribution is 0.310. The standard InChI is InChI=1S/C25H19BrClN3O4S/c1-32-17-9-10-18-20(14-17)34-22(15-5-7-16(26)8-6-15)23(21(18)31)33-12-3-13-35-25-29-28-24-19(27)4-2-11-30(24)25/h2,4-11,14H,3,12-13H2,1H3. The molecular formula is C25H19BrClN3O4S. The second kappa shape index (κ2) is 10.3. The lowest BCUT2D eigenvalue weighted by Gasteiger charge is -2.12. The predicted molar refractivity (Wildman–Crippen MR) is 141 cm³/mol. The molecule has 5 rings (SSSR count). The lowest BCUT2D eigenvalue weighted by Crippen LogP contribution is -2.11. The molecule has 10 heteroatoms. The van der Waals surface area contributed by atoms with Crippen molar-refractivity contribution in [3.05, 3.63) is 80.5 Å². The third-order valence-electron chi connectivity index (χ3n) is 5.29. The lowest BCUT2D eigenvalue weighted by atomic mass is 10.1. The molecule has 0 saturated carbocycles. The summed E-state index contributed by atoms with van der Waals surface area (Å²) in [6, 6.07) is 16.3. The number of fused-ring (bicyclic) bond motifs is 2. The van der Waals surface area contributed by atoms with Crippen molar-refractivity contribution in [3.8, 4) is 22.8 Å². The first-order valence-corrected chi connectivity index (χ1v) is 12.9. The number of hydrogen-bond donors (Lipinski definition) is 0. The minimum atomic E-state index is -0.224. The topological polar surface area (TPSA) is 78.9 Å². The van der Waals surface area contributed by atoms with Crippen LogP contribution < -0.4 is 14.9 Å². The minimum absolute atomic E-state index is 0.190. The van der Waals surface area contributed by atoms with E-state index in [1.54, 1.807) is 43.1 Å². The molecule has 0 bridgehead atoms. The molecule has 0 aliphatic carbocycles. The van der Waals surface area contributed by atoms with Gasteiger partial charge in [-0.3, -0.25) is 9.20 Å². The van der Waals surface area contributed by atoms with Gasteiger partial charge in [0.15, 0.2) is 16.6 Å². The van der Waals surface area contributed by atoms with Gasteiger partial charge in [-0.2, -0.15) is 0 Å². The highest BCUT2D eigenvalue weighted by Crippen LogP contribution is 2.33. The highest BCUT2D eigenvalue weighted by molar-refractivity contribution is 9.10. The van der Waals surface area contributed by atoms with Crippen LogP contribution in [0.2, 0.25) is 5.02 Å². The van der Waals surface area contributed by atoms with E-state index in [4.69, 9.17) is 25.5 Å². The zero-order chi connectivity index (χ0) is 24.4. The molecule has 35 heavy (non-hydrogen) atoms. The van der Waals surface area contributed by atoms with Crippen LogP contribution in [-0.4, -0.2) is 34.1 Å². The predicted octanol–water partition coefficient (Wildman–Crippen LogP) is 6.49. The van der Waals surface area contributed by atoms with Gasteiger partial charge in [0, 0.05) is 28.1 Å². The highest BCUT2D eigenvalue weighted by Gasteiger charge is 2.18. The average molecular weight is 573 g/mol. The average Bonchev–Trinajstić information content (AvgIpc) is 3.29. The smallest absolute Gasteiger partial charge is 0.235 e. The van der Waals surface area contributed by atoms with Crippen molar-refractivity contribution in [2.24, 2.45) is 0 Å². The summed E-state index contributed by atoms with van der Waals surface area (Å²) >= 11 is 11.2. The number of rotatable bonds is 8. The minimum Gasteiger partial charge on any atom is -0.497 e. The van der Waals surface area contributed by atoms with Crippen LogP contribution in [0.4, 0.5) is 0 Å². The van der Waals surface area contributed by atoms with E-state index in [2.05, 4.69) is 26.1 Å². The number of methoxy groups -OCH3 is 1. The Morgan fingerprint density at radius 2 is 1.97 bits per heavy atom. The molecule has 0 N–H and O–H groups in total. The van der Waals surface area contributed by atoms with E-state index in [0.29, 0.717) is 46.2 Å². The van der Waals surface area contributed by atoms with Crippen LogP contribution in [0.25, 0.3) is 27.9 Å². The molecule has 0 unspecified atom stereocenters. The van der Waals surface area contributed by atoms with Crippen LogP contribution in [-0.2, 0) is 0 Å². The van der Waals surface area contributed by atoms with E-state index in [1.165, 1.54) is 0 Å². The number of pyridine rings is 1. The normalized spacial score (nSPS) is 11.3. The first-order valence-electron chi connectivity index (χ1n) is 10.7. The summed E-state index contributed by atoms with van der Waals surface area (Å²) in [5.74, 6) is 1.90. The second-order valence-corrected chi connectivity index (χ2v) is 9.93. The van der Waals surface area contributed by atoms with Gasteiger partial charge in [0.2, 0.25) is 11.2 Å². The molecule has 0 saturated heterocycles. The summed E-state index contributed by atoms with van der Waals surface area (Å²) in [6.07, 6.45) is 2.56. The maximum atomic E-state index is 13.3. The van der Waals surface area contributed by atoms with Crippen LogP contribution in [0.1, 0.15) is 6.42 Å². The molecule has 2 aromatic carbocycles. The quantitative estimate of drug-likeness (QED) is 0.155. The molecule has 3 aromatic heterocycles. The molecular weight excluding hydrogens is 554 g/mol. The van der Waals surface area contributed by atoms with Crippen LogP contribution in [0.15, 0.2) is 79.6 Å². The van der Waals surface area contributed by atoms with Crippen molar-refractivity contribution in [2.45, 2.75) is 11.6 Å². The molecule has 5 aromatic rings. The monoisotopic (exact) mass is 571 g/mol. The van der Waals surface area contributed by atoms with E-state index in [1.807, 2.05) is 40.9 Å². The Balaban J connectivity index is 1.37. The molecule has 0 amide bonds. The van der Waals surface area contributed by atoms with E-state index in [-0.39, 0.29) is 11.2 Å². The van der Waals surface area contributed by atoms with Gasteiger partial charge in [-0.25, -0.2) is 0 Å². The largest absolute Gasteiger partial charge is 0.497 e. The first kappa shape index (κ1) is 23.7. The Kier molecular flexibility index (Phi) is 6.99. The number of aromatic nitrogens is 3. The van der Waals surface area contributed by atoms with Crippen LogP contribution in [0.5, 0.6) is 11.5 Å². The van der Waals surface area contributed by atoms with Gasteiger partial charge < -0.3 is 13.9 Å². The van der Waals surface area contributed by atoms with Gasteiger partial charge in [0.25, 0.3) is 0 Å². The zero-order valence-electron chi connectivity index (χ0n) is 18.5. The number of ether oxygens (including phenoxy) is 2. The second-order valence-electron chi connectivity index (χ2n) is 7.54.